The van der Waals surface area contributed by atoms with Gasteiger partial charge in [0.15, 0.2) is 15.5 Å². The summed E-state index contributed by atoms with van der Waals surface area (Å²) in [7, 11) is -3.45. The molecule has 1 aliphatic heterocycles. The van der Waals surface area contributed by atoms with Crippen molar-refractivity contribution >= 4 is 21.6 Å². The summed E-state index contributed by atoms with van der Waals surface area (Å²) in [4.78, 5) is 0.0176. The van der Waals surface area contributed by atoms with E-state index in [4.69, 9.17) is 0 Å². The van der Waals surface area contributed by atoms with Crippen LogP contribution in [0.1, 0.15) is 11.3 Å². The Balaban J connectivity index is 1.96. The van der Waals surface area contributed by atoms with Gasteiger partial charge in [0, 0.05) is 17.6 Å². The zero-order valence-corrected chi connectivity index (χ0v) is 15.9. The lowest BCUT2D eigenvalue weighted by molar-refractivity contribution is -0.143. The zero-order valence-electron chi connectivity index (χ0n) is 14.3. The van der Waals surface area contributed by atoms with Crippen molar-refractivity contribution in [2.45, 2.75) is 21.7 Å². The number of alkyl halides is 3. The highest BCUT2D eigenvalue weighted by atomic mass is 32.2. The summed E-state index contributed by atoms with van der Waals surface area (Å²) in [5.41, 5.74) is 0.503. The number of rotatable bonds is 2. The highest BCUT2D eigenvalue weighted by molar-refractivity contribution is 7.98. The van der Waals surface area contributed by atoms with Gasteiger partial charge in [-0.1, -0.05) is 0 Å². The monoisotopic (exact) mass is 428 g/mol. The van der Waals surface area contributed by atoms with E-state index >= 15 is 0 Å². The van der Waals surface area contributed by atoms with Crippen molar-refractivity contribution in [1.82, 2.24) is 9.78 Å². The first-order valence-corrected chi connectivity index (χ1v) is 10.9. The van der Waals surface area contributed by atoms with Gasteiger partial charge in [0.05, 0.1) is 21.2 Å². The van der Waals surface area contributed by atoms with E-state index in [-0.39, 0.29) is 26.9 Å². The second-order valence-corrected chi connectivity index (χ2v) is 9.29. The van der Waals surface area contributed by atoms with Crippen LogP contribution in [0, 0.1) is 5.82 Å². The number of thioether (sulfide) groups is 1. The molecule has 0 spiro atoms. The number of nitrogens with zero attached hydrogens (tertiary/aromatic N) is 2. The summed E-state index contributed by atoms with van der Waals surface area (Å²) in [6, 6.07) is 9.34. The first-order chi connectivity index (χ1) is 13.1. The van der Waals surface area contributed by atoms with Crippen LogP contribution >= 0.6 is 11.8 Å². The first kappa shape index (κ1) is 19.0. The van der Waals surface area contributed by atoms with Gasteiger partial charge in [0.25, 0.3) is 0 Å². The van der Waals surface area contributed by atoms with Crippen molar-refractivity contribution in [2.75, 3.05) is 6.26 Å². The van der Waals surface area contributed by atoms with E-state index in [2.05, 4.69) is 5.10 Å². The summed E-state index contributed by atoms with van der Waals surface area (Å²) in [6.07, 6.45) is -3.62. The van der Waals surface area contributed by atoms with E-state index in [9.17, 15) is 26.0 Å². The van der Waals surface area contributed by atoms with E-state index in [1.165, 1.54) is 42.5 Å². The average Bonchev–Trinajstić information content (AvgIpc) is 3.01. The fourth-order valence-electron chi connectivity index (χ4n) is 3.05. The molecule has 0 amide bonds. The molecule has 0 fully saturated rings. The van der Waals surface area contributed by atoms with Gasteiger partial charge in [-0.15, -0.1) is 11.8 Å². The number of fused-ring (bicyclic) bond motifs is 3. The predicted octanol–water partition coefficient (Wildman–Crippen LogP) is 4.71. The molecule has 0 N–H and O–H groups in total. The smallest absolute Gasteiger partial charge is 0.231 e. The van der Waals surface area contributed by atoms with Crippen LogP contribution in [0.4, 0.5) is 17.6 Å². The summed E-state index contributed by atoms with van der Waals surface area (Å²) in [6.45, 7) is 0. The summed E-state index contributed by atoms with van der Waals surface area (Å²) < 4.78 is 78.6. The number of sulfone groups is 1. The third kappa shape index (κ3) is 3.20. The third-order valence-corrected chi connectivity index (χ3v) is 6.57. The molecule has 10 heteroatoms. The van der Waals surface area contributed by atoms with Crippen LogP contribution in [0.3, 0.4) is 0 Å². The minimum absolute atomic E-state index is 0.0289. The fraction of sp³-hybridized carbons (Fsp3) is 0.167. The van der Waals surface area contributed by atoms with Gasteiger partial charge in [0.1, 0.15) is 5.82 Å². The Morgan fingerprint density at radius 1 is 1.11 bits per heavy atom. The topological polar surface area (TPSA) is 52.0 Å². The summed E-state index contributed by atoms with van der Waals surface area (Å²) in [5, 5.41) is 3.77. The maximum absolute atomic E-state index is 13.6. The van der Waals surface area contributed by atoms with Crippen LogP contribution in [0.15, 0.2) is 52.3 Å². The van der Waals surface area contributed by atoms with Gasteiger partial charge < -0.3 is 0 Å². The number of hydrogen-bond donors (Lipinski definition) is 0. The number of halogens is 4. The molecule has 4 nitrogen and oxygen atoms in total. The molecule has 0 atom stereocenters. The lowest BCUT2D eigenvalue weighted by Gasteiger charge is -2.18. The maximum atomic E-state index is 13.6. The molecule has 0 saturated carbocycles. The Labute approximate surface area is 162 Å². The molecule has 0 bridgehead atoms. The van der Waals surface area contributed by atoms with E-state index in [0.717, 1.165) is 22.7 Å². The quantitative estimate of drug-likeness (QED) is 0.555. The second kappa shape index (κ2) is 6.35. The molecule has 3 aromatic rings. The molecule has 1 aliphatic rings. The minimum atomic E-state index is -4.66. The van der Waals surface area contributed by atoms with Gasteiger partial charge in [0.2, 0.25) is 0 Å². The number of aromatic nitrogens is 2. The third-order valence-electron chi connectivity index (χ3n) is 4.31. The molecule has 146 valence electrons. The highest BCUT2D eigenvalue weighted by Crippen LogP contribution is 2.48. The van der Waals surface area contributed by atoms with Crippen molar-refractivity contribution in [3.8, 4) is 16.9 Å². The average molecular weight is 428 g/mol. The highest BCUT2D eigenvalue weighted by Gasteiger charge is 2.41. The lowest BCUT2D eigenvalue weighted by Crippen LogP contribution is -2.08. The van der Waals surface area contributed by atoms with Crippen molar-refractivity contribution in [3.63, 3.8) is 0 Å². The van der Waals surface area contributed by atoms with Crippen LogP contribution in [0.2, 0.25) is 0 Å². The normalized spacial score (nSPS) is 13.9. The largest absolute Gasteiger partial charge is 0.436 e. The molecule has 4 rings (SSSR count). The van der Waals surface area contributed by atoms with Gasteiger partial charge in [-0.25, -0.2) is 17.5 Å². The van der Waals surface area contributed by atoms with Crippen LogP contribution in [0.25, 0.3) is 16.9 Å². The molecule has 0 aliphatic carbocycles. The fourth-order valence-corrected chi connectivity index (χ4v) is 4.84. The summed E-state index contributed by atoms with van der Waals surface area (Å²) in [5.74, 6) is -0.274. The molecule has 2 heterocycles. The van der Waals surface area contributed by atoms with Crippen LogP contribution in [-0.2, 0) is 21.8 Å². The Hall–Kier alpha value is -2.33. The van der Waals surface area contributed by atoms with Gasteiger partial charge in [-0.3, -0.25) is 0 Å². The van der Waals surface area contributed by atoms with Crippen molar-refractivity contribution in [3.05, 3.63) is 59.5 Å². The Morgan fingerprint density at radius 2 is 1.79 bits per heavy atom. The van der Waals surface area contributed by atoms with Crippen LogP contribution < -0.4 is 0 Å². The van der Waals surface area contributed by atoms with E-state index < -0.39 is 27.5 Å². The minimum Gasteiger partial charge on any atom is -0.231 e. The molecule has 0 unspecified atom stereocenters. The maximum Gasteiger partial charge on any atom is 0.436 e. The number of benzene rings is 2. The van der Waals surface area contributed by atoms with E-state index in [0.29, 0.717) is 11.1 Å². The lowest BCUT2D eigenvalue weighted by atomic mass is 10.0. The molecule has 1 aromatic heterocycles. The molecular formula is C18H12F4N2O2S2. The molecular weight excluding hydrogens is 416 g/mol. The Morgan fingerprint density at radius 3 is 2.39 bits per heavy atom. The SMILES string of the molecule is CS(=O)(=O)c1ccc(-n2nc(C(F)(F)F)c3c2-c2ccc(F)cc2CS3)cc1. The van der Waals surface area contributed by atoms with Gasteiger partial charge in [-0.2, -0.15) is 18.3 Å². The molecule has 0 saturated heterocycles. The van der Waals surface area contributed by atoms with Crippen molar-refractivity contribution in [2.24, 2.45) is 0 Å². The van der Waals surface area contributed by atoms with Crippen molar-refractivity contribution < 1.29 is 26.0 Å². The summed E-state index contributed by atoms with van der Waals surface area (Å²) >= 11 is 0.951. The predicted molar refractivity (Wildman–Crippen MR) is 96.6 cm³/mol. The Bertz CT molecular complexity index is 1180. The Kier molecular flexibility index (Phi) is 4.31. The van der Waals surface area contributed by atoms with Gasteiger partial charge >= 0.3 is 6.18 Å². The number of hydrogen-bond acceptors (Lipinski definition) is 4. The van der Waals surface area contributed by atoms with Gasteiger partial charge in [-0.05, 0) is 48.0 Å². The van der Waals surface area contributed by atoms with E-state index in [1.807, 2.05) is 0 Å². The second-order valence-electron chi connectivity index (χ2n) is 6.29. The van der Waals surface area contributed by atoms with Crippen LogP contribution in [-0.4, -0.2) is 24.5 Å². The van der Waals surface area contributed by atoms with Crippen LogP contribution in [0.5, 0.6) is 0 Å². The molecule has 0 radical (unpaired) electrons. The standard InChI is InChI=1S/C18H12F4N2O2S2/c1-28(25,26)13-5-3-12(4-6-13)24-15-14-7-2-11(19)8-10(14)9-27-16(15)17(23-24)18(20,21)22/h2-8H,9H2,1H3. The molecule has 2 aromatic carbocycles. The first-order valence-electron chi connectivity index (χ1n) is 7.98. The van der Waals surface area contributed by atoms with E-state index in [1.54, 1.807) is 0 Å². The van der Waals surface area contributed by atoms with Crippen molar-refractivity contribution in [1.29, 1.82) is 0 Å². The molecule has 28 heavy (non-hydrogen) atoms. The zero-order chi connectivity index (χ0) is 20.3.